The Hall–Kier alpha value is -4.75. The topological polar surface area (TPSA) is 238 Å². The van der Waals surface area contributed by atoms with Crippen molar-refractivity contribution in [1.29, 1.82) is 0 Å². The van der Waals surface area contributed by atoms with Crippen molar-refractivity contribution < 1.29 is 19.5 Å². The molecule has 0 spiro atoms. The van der Waals surface area contributed by atoms with Crippen LogP contribution in [0.15, 0.2) is 53.5 Å². The number of nitrogens with two attached hydrogens (primary N) is 4. The second kappa shape index (κ2) is 19.0. The number of carbonyl (C=O) groups is 3. The zero-order valence-electron chi connectivity index (χ0n) is 26.4. The van der Waals surface area contributed by atoms with Gasteiger partial charge < -0.3 is 33.4 Å². The highest BCUT2D eigenvalue weighted by Crippen LogP contribution is 2.22. The van der Waals surface area contributed by atoms with Crippen molar-refractivity contribution in [3.63, 3.8) is 0 Å². The Bertz CT molecular complexity index is 1510. The number of carboxylic acid groups (broad SMARTS) is 1. The van der Waals surface area contributed by atoms with Crippen LogP contribution in [0.4, 0.5) is 11.6 Å². The zero-order valence-corrected chi connectivity index (χ0v) is 27.1. The van der Waals surface area contributed by atoms with Gasteiger partial charge in [0.25, 0.3) is 5.91 Å². The predicted molar refractivity (Wildman–Crippen MR) is 185 cm³/mol. The zero-order chi connectivity index (χ0) is 34.2. The van der Waals surface area contributed by atoms with Gasteiger partial charge in [-0.1, -0.05) is 60.1 Å². The molecule has 1 aromatic heterocycles. The van der Waals surface area contributed by atoms with Crippen LogP contribution in [0.2, 0.25) is 5.15 Å². The van der Waals surface area contributed by atoms with Gasteiger partial charge in [0, 0.05) is 19.4 Å². The lowest BCUT2D eigenvalue weighted by Gasteiger charge is -2.21. The number of aliphatic imine (C=N–C) groups is 1. The maximum atomic E-state index is 12.2. The van der Waals surface area contributed by atoms with Crippen LogP contribution < -0.4 is 33.6 Å². The average Bonchev–Trinajstić information content (AvgIpc) is 3.05. The molecule has 1 fully saturated rings. The van der Waals surface area contributed by atoms with E-state index in [2.05, 4.69) is 62.0 Å². The van der Waals surface area contributed by atoms with Crippen molar-refractivity contribution in [2.45, 2.75) is 57.8 Å². The fraction of sp³-hybridized carbons (Fsp3) is 0.394. The van der Waals surface area contributed by atoms with E-state index in [1.807, 2.05) is 12.1 Å². The highest BCUT2D eigenvalue weighted by atomic mass is 35.5. The lowest BCUT2D eigenvalue weighted by Crippen LogP contribution is -2.38. The molecule has 13 nitrogen and oxygen atoms in total. The summed E-state index contributed by atoms with van der Waals surface area (Å²) in [7, 11) is 0. The number of aromatic nitrogens is 2. The van der Waals surface area contributed by atoms with Gasteiger partial charge in [-0.05, 0) is 86.2 Å². The number of piperidine rings is 1. The summed E-state index contributed by atoms with van der Waals surface area (Å²) in [6.45, 7) is 2.57. The molecule has 0 saturated carbocycles. The van der Waals surface area contributed by atoms with Gasteiger partial charge >= 0.3 is 5.97 Å². The normalized spacial score (nSPS) is 13.3. The Morgan fingerprint density at radius 2 is 1.47 bits per heavy atom. The van der Waals surface area contributed by atoms with Crippen molar-refractivity contribution in [3.05, 3.63) is 70.5 Å². The number of anilines is 2. The largest absolute Gasteiger partial charge is 0.481 e. The number of nitrogens with zero attached hydrogens (tertiary/aromatic N) is 3. The van der Waals surface area contributed by atoms with Crippen LogP contribution in [-0.4, -0.2) is 58.5 Å². The summed E-state index contributed by atoms with van der Waals surface area (Å²) in [5.74, 6) is -1.23. The van der Waals surface area contributed by atoms with Crippen molar-refractivity contribution in [2.75, 3.05) is 31.1 Å². The number of hydrogen-bond acceptors (Lipinski definition) is 9. The van der Waals surface area contributed by atoms with E-state index in [0.717, 1.165) is 68.3 Å². The number of nitrogens with one attached hydrogen (secondary N) is 2. The van der Waals surface area contributed by atoms with E-state index < -0.39 is 11.9 Å². The Morgan fingerprint density at radius 3 is 2.04 bits per heavy atom. The van der Waals surface area contributed by atoms with Gasteiger partial charge in [-0.15, -0.1) is 0 Å². The van der Waals surface area contributed by atoms with Crippen LogP contribution in [0.1, 0.15) is 66.6 Å². The number of amides is 2. The third-order valence-corrected chi connectivity index (χ3v) is 7.92. The van der Waals surface area contributed by atoms with Gasteiger partial charge in [0.15, 0.2) is 28.4 Å². The number of unbranched alkanes of at least 4 members (excludes halogenated alkanes) is 1. The first-order chi connectivity index (χ1) is 22.5. The lowest BCUT2D eigenvalue weighted by atomic mass is 9.93. The molecule has 4 rings (SSSR count). The van der Waals surface area contributed by atoms with E-state index in [0.29, 0.717) is 31.7 Å². The Kier molecular flexibility index (Phi) is 14.9. The quantitative estimate of drug-likeness (QED) is 0.0798. The summed E-state index contributed by atoms with van der Waals surface area (Å²) in [5, 5.41) is 14.0. The van der Waals surface area contributed by atoms with Gasteiger partial charge in [0.1, 0.15) is 0 Å². The van der Waals surface area contributed by atoms with Crippen LogP contribution >= 0.6 is 11.6 Å². The molecular weight excluding hydrogens is 622 g/mol. The maximum absolute atomic E-state index is 12.2. The number of aliphatic carboxylic acids is 1. The Morgan fingerprint density at radius 1 is 0.872 bits per heavy atom. The molecule has 1 aliphatic heterocycles. The summed E-state index contributed by atoms with van der Waals surface area (Å²) in [5.41, 5.74) is 26.5. The molecule has 0 aliphatic carbocycles. The number of aryl methyl sites for hydroxylation is 2. The second-order valence-corrected chi connectivity index (χ2v) is 11.7. The summed E-state index contributed by atoms with van der Waals surface area (Å²) >= 11 is 5.79. The van der Waals surface area contributed by atoms with Crippen molar-refractivity contribution in [1.82, 2.24) is 20.6 Å². The molecule has 2 aromatic carbocycles. The Labute approximate surface area is 279 Å². The van der Waals surface area contributed by atoms with E-state index >= 15 is 0 Å². The molecule has 2 amide bonds. The first kappa shape index (κ1) is 36.7. The molecule has 3 aromatic rings. The summed E-state index contributed by atoms with van der Waals surface area (Å²) in [6, 6.07) is 16.6. The van der Waals surface area contributed by atoms with Crippen LogP contribution in [0.5, 0.6) is 0 Å². The van der Waals surface area contributed by atoms with E-state index in [-0.39, 0.29) is 34.3 Å². The van der Waals surface area contributed by atoms with Gasteiger partial charge in [-0.3, -0.25) is 24.7 Å². The standard InChI is InChI=1S/C25H29ClN8O2.C8H15NO2/c26-21-23(29)33-22(28)20(32-21)24(36)34-25(30)31-14-2-1-3-15-4-9-17(10-5-15)18-11-6-16(7-12-18)8-13-19(27)35;10-8(11)2-1-7-3-5-9-6-4-7/h4-7,9-12H,1-3,8,13-14H2,(H2,27,35)(H4,28,29,33)(H3,30,31,34,36);7,9H,1-6H2,(H,10,11). The maximum Gasteiger partial charge on any atom is 0.303 e. The summed E-state index contributed by atoms with van der Waals surface area (Å²) in [4.78, 5) is 45.2. The molecule has 14 heteroatoms. The molecule has 1 saturated heterocycles. The smallest absolute Gasteiger partial charge is 0.303 e. The van der Waals surface area contributed by atoms with E-state index in [1.165, 1.54) is 5.56 Å². The second-order valence-electron chi connectivity index (χ2n) is 11.3. The molecule has 47 heavy (non-hydrogen) atoms. The number of guanidine groups is 1. The van der Waals surface area contributed by atoms with E-state index in [9.17, 15) is 14.4 Å². The number of hydrogen-bond donors (Lipinski definition) is 7. The lowest BCUT2D eigenvalue weighted by molar-refractivity contribution is -0.137. The predicted octanol–water partition coefficient (Wildman–Crippen LogP) is 3.30. The minimum atomic E-state index is -0.663. The van der Waals surface area contributed by atoms with Gasteiger partial charge in [-0.2, -0.15) is 0 Å². The molecule has 252 valence electrons. The third kappa shape index (κ3) is 13.3. The fourth-order valence-corrected chi connectivity index (χ4v) is 5.08. The van der Waals surface area contributed by atoms with Crippen molar-refractivity contribution in [3.8, 4) is 11.1 Å². The van der Waals surface area contributed by atoms with Crippen LogP contribution in [0.25, 0.3) is 11.1 Å². The number of nitrogen functional groups attached to an aromatic ring is 2. The number of rotatable bonds is 13. The SMILES string of the molecule is NC(=O)CCc1ccc(-c2ccc(CCCCN=C(N)NC(=O)c3nc(Cl)c(N)nc3N)cc2)cc1.O=C(O)CCC1CCNCC1. The highest BCUT2D eigenvalue weighted by molar-refractivity contribution is 6.31. The third-order valence-electron chi connectivity index (χ3n) is 7.64. The number of halogens is 1. The fourth-order valence-electron chi connectivity index (χ4n) is 4.96. The van der Waals surface area contributed by atoms with Crippen LogP contribution in [0.3, 0.4) is 0 Å². The molecular formula is C33H44ClN9O4. The van der Waals surface area contributed by atoms with E-state index in [1.54, 1.807) is 0 Å². The van der Waals surface area contributed by atoms with Crippen LogP contribution in [0, 0.1) is 5.92 Å². The van der Waals surface area contributed by atoms with Gasteiger partial charge in [0.05, 0.1) is 0 Å². The number of carboxylic acids is 1. The molecule has 0 unspecified atom stereocenters. The molecule has 0 radical (unpaired) electrons. The first-order valence-electron chi connectivity index (χ1n) is 15.6. The van der Waals surface area contributed by atoms with Crippen molar-refractivity contribution in [2.24, 2.45) is 22.4 Å². The minimum absolute atomic E-state index is 0.0425. The molecule has 0 bridgehead atoms. The summed E-state index contributed by atoms with van der Waals surface area (Å²) < 4.78 is 0. The number of primary amides is 1. The molecule has 1 aliphatic rings. The molecule has 11 N–H and O–H groups in total. The highest BCUT2D eigenvalue weighted by Gasteiger charge is 2.17. The van der Waals surface area contributed by atoms with Gasteiger partial charge in [0.2, 0.25) is 5.91 Å². The van der Waals surface area contributed by atoms with Gasteiger partial charge in [-0.25, -0.2) is 9.97 Å². The van der Waals surface area contributed by atoms with Crippen molar-refractivity contribution >= 4 is 47.0 Å². The number of benzene rings is 2. The van der Waals surface area contributed by atoms with E-state index in [4.69, 9.17) is 39.6 Å². The average molecular weight is 666 g/mol. The molecule has 2 heterocycles. The minimum Gasteiger partial charge on any atom is -0.481 e. The monoisotopic (exact) mass is 665 g/mol. The summed E-state index contributed by atoms with van der Waals surface area (Å²) in [6.07, 6.45) is 7.08. The molecule has 0 atom stereocenters. The van der Waals surface area contributed by atoms with Crippen LogP contribution in [-0.2, 0) is 22.4 Å². The Balaban J connectivity index is 0.000000461. The number of carbonyl (C=O) groups excluding carboxylic acids is 2. The first-order valence-corrected chi connectivity index (χ1v) is 16.0.